The summed E-state index contributed by atoms with van der Waals surface area (Å²) in [6, 6.07) is 11.2. The van der Waals surface area contributed by atoms with Crippen molar-refractivity contribution in [2.75, 3.05) is 0 Å². The molecule has 0 saturated heterocycles. The Morgan fingerprint density at radius 1 is 0.933 bits per heavy atom. The second-order valence-electron chi connectivity index (χ2n) is 4.64. The fraction of sp³-hybridized carbons (Fsp3) is 0.333. The highest BCUT2D eigenvalue weighted by atomic mass is 14.1. The summed E-state index contributed by atoms with van der Waals surface area (Å²) in [5, 5.41) is 2.75. The molecule has 0 amide bonds. The molecule has 0 heteroatoms. The molecule has 0 aliphatic rings. The Morgan fingerprint density at radius 3 is 2.27 bits per heavy atom. The van der Waals surface area contributed by atoms with Gasteiger partial charge in [0.1, 0.15) is 0 Å². The molecule has 0 saturated carbocycles. The first kappa shape index (κ1) is 10.2. The normalized spacial score (nSPS) is 11.3. The number of hydrogen-bond donors (Lipinski definition) is 0. The van der Waals surface area contributed by atoms with Gasteiger partial charge in [-0.05, 0) is 47.2 Å². The van der Waals surface area contributed by atoms with E-state index in [0.29, 0.717) is 5.92 Å². The van der Waals surface area contributed by atoms with Gasteiger partial charge in [0.25, 0.3) is 0 Å². The van der Waals surface area contributed by atoms with Crippen LogP contribution in [0.3, 0.4) is 0 Å². The summed E-state index contributed by atoms with van der Waals surface area (Å²) in [6.07, 6.45) is 0. The summed E-state index contributed by atoms with van der Waals surface area (Å²) in [5.41, 5.74) is 4.22. The zero-order chi connectivity index (χ0) is 11.0. The summed E-state index contributed by atoms with van der Waals surface area (Å²) < 4.78 is 0. The van der Waals surface area contributed by atoms with Crippen LogP contribution in [0.15, 0.2) is 30.3 Å². The lowest BCUT2D eigenvalue weighted by Gasteiger charge is -2.10. The molecule has 0 aromatic heterocycles. The predicted molar refractivity (Wildman–Crippen MR) is 67.5 cm³/mol. The van der Waals surface area contributed by atoms with Crippen molar-refractivity contribution in [1.82, 2.24) is 0 Å². The molecule has 2 aromatic rings. The number of fused-ring (bicyclic) bond motifs is 1. The first-order valence-electron chi connectivity index (χ1n) is 5.59. The highest BCUT2D eigenvalue weighted by molar-refractivity contribution is 5.87. The summed E-state index contributed by atoms with van der Waals surface area (Å²) in [7, 11) is 0. The van der Waals surface area contributed by atoms with Crippen molar-refractivity contribution in [3.05, 3.63) is 47.0 Å². The van der Waals surface area contributed by atoms with Gasteiger partial charge in [0.2, 0.25) is 0 Å². The summed E-state index contributed by atoms with van der Waals surface area (Å²) in [4.78, 5) is 0. The van der Waals surface area contributed by atoms with Crippen LogP contribution in [0, 0.1) is 13.8 Å². The van der Waals surface area contributed by atoms with Crippen LogP contribution in [0.2, 0.25) is 0 Å². The Balaban J connectivity index is 2.73. The van der Waals surface area contributed by atoms with E-state index in [4.69, 9.17) is 0 Å². The molecule has 0 atom stereocenters. The molecule has 0 heterocycles. The molecule has 0 bridgehead atoms. The van der Waals surface area contributed by atoms with Crippen LogP contribution in [0.4, 0.5) is 0 Å². The van der Waals surface area contributed by atoms with Crippen molar-refractivity contribution < 1.29 is 0 Å². The zero-order valence-corrected chi connectivity index (χ0v) is 9.96. The van der Waals surface area contributed by atoms with Gasteiger partial charge in [-0.25, -0.2) is 0 Å². The van der Waals surface area contributed by atoms with E-state index in [9.17, 15) is 0 Å². The third-order valence-electron chi connectivity index (χ3n) is 3.25. The Hall–Kier alpha value is -1.30. The molecule has 0 nitrogen and oxygen atoms in total. The highest BCUT2D eigenvalue weighted by Gasteiger charge is 2.03. The fourth-order valence-electron chi connectivity index (χ4n) is 1.96. The molecule has 0 aliphatic carbocycles. The van der Waals surface area contributed by atoms with Crippen LogP contribution < -0.4 is 0 Å². The van der Waals surface area contributed by atoms with Gasteiger partial charge >= 0.3 is 0 Å². The Labute approximate surface area is 91.9 Å². The van der Waals surface area contributed by atoms with E-state index < -0.39 is 0 Å². The fourth-order valence-corrected chi connectivity index (χ4v) is 1.96. The Morgan fingerprint density at radius 2 is 1.60 bits per heavy atom. The average molecular weight is 198 g/mol. The molecule has 2 rings (SSSR count). The number of benzene rings is 2. The van der Waals surface area contributed by atoms with Crippen LogP contribution >= 0.6 is 0 Å². The summed E-state index contributed by atoms with van der Waals surface area (Å²) >= 11 is 0. The third-order valence-corrected chi connectivity index (χ3v) is 3.25. The van der Waals surface area contributed by atoms with Gasteiger partial charge in [-0.1, -0.05) is 44.2 Å². The SMILES string of the molecule is Cc1ccc2ccc(C(C)C)cc2c1C. The minimum absolute atomic E-state index is 0.606. The maximum absolute atomic E-state index is 2.34. The summed E-state index contributed by atoms with van der Waals surface area (Å²) in [6.45, 7) is 8.87. The Bertz CT molecular complexity index is 493. The smallest absolute Gasteiger partial charge is 0.0149 e. The van der Waals surface area contributed by atoms with Crippen LogP contribution in [0.1, 0.15) is 36.5 Å². The zero-order valence-electron chi connectivity index (χ0n) is 9.96. The van der Waals surface area contributed by atoms with Crippen molar-refractivity contribution in [2.45, 2.75) is 33.6 Å². The van der Waals surface area contributed by atoms with Gasteiger partial charge in [-0.3, -0.25) is 0 Å². The Kier molecular flexibility index (Phi) is 2.52. The molecule has 0 fully saturated rings. The van der Waals surface area contributed by atoms with Crippen molar-refractivity contribution in [2.24, 2.45) is 0 Å². The topological polar surface area (TPSA) is 0 Å². The van der Waals surface area contributed by atoms with Crippen LogP contribution in [0.25, 0.3) is 10.8 Å². The number of hydrogen-bond acceptors (Lipinski definition) is 0. The molecule has 15 heavy (non-hydrogen) atoms. The minimum Gasteiger partial charge on any atom is -0.0587 e. The number of rotatable bonds is 1. The van der Waals surface area contributed by atoms with Crippen molar-refractivity contribution in [3.63, 3.8) is 0 Å². The molecule has 2 aromatic carbocycles. The van der Waals surface area contributed by atoms with E-state index in [0.717, 1.165) is 0 Å². The van der Waals surface area contributed by atoms with Gasteiger partial charge in [0.05, 0.1) is 0 Å². The lowest BCUT2D eigenvalue weighted by molar-refractivity contribution is 0.868. The van der Waals surface area contributed by atoms with Gasteiger partial charge in [-0.2, -0.15) is 0 Å². The van der Waals surface area contributed by atoms with E-state index in [1.54, 1.807) is 0 Å². The van der Waals surface area contributed by atoms with E-state index >= 15 is 0 Å². The van der Waals surface area contributed by atoms with Crippen molar-refractivity contribution >= 4 is 10.8 Å². The second-order valence-corrected chi connectivity index (χ2v) is 4.64. The van der Waals surface area contributed by atoms with Crippen LogP contribution in [0.5, 0.6) is 0 Å². The van der Waals surface area contributed by atoms with Gasteiger partial charge in [0.15, 0.2) is 0 Å². The van der Waals surface area contributed by atoms with E-state index in [1.807, 2.05) is 0 Å². The second kappa shape index (κ2) is 3.69. The monoisotopic (exact) mass is 198 g/mol. The maximum atomic E-state index is 2.34. The summed E-state index contributed by atoms with van der Waals surface area (Å²) in [5.74, 6) is 0.606. The molecule has 0 spiro atoms. The van der Waals surface area contributed by atoms with Gasteiger partial charge in [0, 0.05) is 0 Å². The average Bonchev–Trinajstić information content (AvgIpc) is 2.23. The van der Waals surface area contributed by atoms with Gasteiger partial charge in [-0.15, -0.1) is 0 Å². The molecule has 78 valence electrons. The molecule has 0 N–H and O–H groups in total. The first-order valence-corrected chi connectivity index (χ1v) is 5.59. The van der Waals surface area contributed by atoms with Crippen molar-refractivity contribution in [3.8, 4) is 0 Å². The van der Waals surface area contributed by atoms with Crippen LogP contribution in [-0.4, -0.2) is 0 Å². The predicted octanol–water partition coefficient (Wildman–Crippen LogP) is 4.58. The van der Waals surface area contributed by atoms with Crippen LogP contribution in [-0.2, 0) is 0 Å². The number of aryl methyl sites for hydroxylation is 2. The van der Waals surface area contributed by atoms with Crippen molar-refractivity contribution in [1.29, 1.82) is 0 Å². The van der Waals surface area contributed by atoms with E-state index in [1.165, 1.54) is 27.5 Å². The first-order chi connectivity index (χ1) is 7.09. The molecule has 0 unspecified atom stereocenters. The largest absolute Gasteiger partial charge is 0.0587 e. The molecular formula is C15H18. The molecule has 0 radical (unpaired) electrons. The lowest BCUT2D eigenvalue weighted by Crippen LogP contribution is -1.89. The lowest BCUT2D eigenvalue weighted by atomic mass is 9.95. The van der Waals surface area contributed by atoms with E-state index in [2.05, 4.69) is 58.0 Å². The third kappa shape index (κ3) is 1.77. The molecular weight excluding hydrogens is 180 g/mol. The minimum atomic E-state index is 0.606. The highest BCUT2D eigenvalue weighted by Crippen LogP contribution is 2.25. The maximum Gasteiger partial charge on any atom is -0.0149 e. The quantitative estimate of drug-likeness (QED) is 0.629. The van der Waals surface area contributed by atoms with E-state index in [-0.39, 0.29) is 0 Å². The van der Waals surface area contributed by atoms with Gasteiger partial charge < -0.3 is 0 Å². The standard InChI is InChI=1S/C15H18/c1-10(2)14-8-7-13-6-5-11(3)12(4)15(13)9-14/h5-10H,1-4H3. The molecule has 0 aliphatic heterocycles.